The molecule has 8 nitrogen and oxygen atoms in total. The summed E-state index contributed by atoms with van der Waals surface area (Å²) in [7, 11) is 0. The third-order valence-electron chi connectivity index (χ3n) is 6.43. The van der Waals surface area contributed by atoms with Gasteiger partial charge in [0.15, 0.2) is 11.3 Å². The first kappa shape index (κ1) is 23.7. The number of fused-ring (bicyclic) bond motifs is 3. The van der Waals surface area contributed by atoms with Gasteiger partial charge in [-0.25, -0.2) is 0 Å². The Labute approximate surface area is 199 Å². The molecule has 1 amide bonds. The van der Waals surface area contributed by atoms with Gasteiger partial charge in [0.25, 0.3) is 0 Å². The molecule has 188 valence electrons. The fraction of sp³-hybridized carbons (Fsp3) is 0.500. The Morgan fingerprint density at radius 3 is 2.71 bits per heavy atom. The first-order chi connectivity index (χ1) is 16.7. The molecule has 11 heteroatoms. The maximum Gasteiger partial charge on any atom is 0.471 e. The second kappa shape index (κ2) is 9.19. The van der Waals surface area contributed by atoms with Gasteiger partial charge in [0.1, 0.15) is 24.6 Å². The molecular weight excluding hydrogens is 469 g/mol. The minimum atomic E-state index is -4.88. The first-order valence-corrected chi connectivity index (χ1v) is 11.4. The van der Waals surface area contributed by atoms with Crippen LogP contribution in [0.1, 0.15) is 11.1 Å². The number of carbonyl (C=O) groups excluding carboxylic acids is 1. The Morgan fingerprint density at radius 2 is 2.00 bits per heavy atom. The van der Waals surface area contributed by atoms with Gasteiger partial charge in [-0.1, -0.05) is 0 Å². The standard InChI is InChI=1S/C24H25F3N2O6/c1-14-20(30)9-21(34-13-18-12-32-6-7-33-18)29-5-4-15-8-16(2-3-19(15)22(14)29)35-17-10-28(11-17)23(31)24(25,26)27/h2-3,8-9,17-18H,4-7,10-13H2,1H3/t18-/m0/s1. The summed E-state index contributed by atoms with van der Waals surface area (Å²) < 4.78 is 62.4. The summed E-state index contributed by atoms with van der Waals surface area (Å²) >= 11 is 0. The minimum Gasteiger partial charge on any atom is -0.487 e. The second-order valence-corrected chi connectivity index (χ2v) is 8.87. The molecular formula is C24H25F3N2O6. The Kier molecular flexibility index (Phi) is 6.22. The van der Waals surface area contributed by atoms with E-state index in [0.29, 0.717) is 50.0 Å². The number of rotatable bonds is 5. The smallest absolute Gasteiger partial charge is 0.471 e. The fourth-order valence-corrected chi connectivity index (χ4v) is 4.59. The topological polar surface area (TPSA) is 79.2 Å². The van der Waals surface area contributed by atoms with Crippen LogP contribution in [0.4, 0.5) is 13.2 Å². The zero-order valence-corrected chi connectivity index (χ0v) is 19.1. The van der Waals surface area contributed by atoms with E-state index < -0.39 is 18.2 Å². The number of halogens is 3. The molecule has 2 saturated heterocycles. The van der Waals surface area contributed by atoms with Crippen molar-refractivity contribution in [1.29, 1.82) is 0 Å². The van der Waals surface area contributed by atoms with E-state index in [-0.39, 0.29) is 31.2 Å². The van der Waals surface area contributed by atoms with Crippen LogP contribution in [0, 0.1) is 6.92 Å². The van der Waals surface area contributed by atoms with Gasteiger partial charge in [-0.15, -0.1) is 0 Å². The van der Waals surface area contributed by atoms with E-state index in [1.54, 1.807) is 13.0 Å². The lowest BCUT2D eigenvalue weighted by Crippen LogP contribution is -2.59. The summed E-state index contributed by atoms with van der Waals surface area (Å²) in [6.45, 7) is 3.93. The van der Waals surface area contributed by atoms with Crippen molar-refractivity contribution in [3.63, 3.8) is 0 Å². The van der Waals surface area contributed by atoms with Gasteiger partial charge in [0.2, 0.25) is 0 Å². The van der Waals surface area contributed by atoms with Gasteiger partial charge in [-0.05, 0) is 37.1 Å². The quantitative estimate of drug-likeness (QED) is 0.635. The van der Waals surface area contributed by atoms with Crippen molar-refractivity contribution in [3.8, 4) is 22.9 Å². The lowest BCUT2D eigenvalue weighted by molar-refractivity contribution is -0.193. The number of nitrogens with zero attached hydrogens (tertiary/aromatic N) is 2. The molecule has 0 unspecified atom stereocenters. The minimum absolute atomic E-state index is 0.108. The molecule has 1 aromatic carbocycles. The van der Waals surface area contributed by atoms with E-state index in [2.05, 4.69) is 0 Å². The Hall–Kier alpha value is -3.05. The van der Waals surface area contributed by atoms with Crippen LogP contribution < -0.4 is 14.9 Å². The van der Waals surface area contributed by atoms with Crippen LogP contribution in [0.3, 0.4) is 0 Å². The van der Waals surface area contributed by atoms with Crippen molar-refractivity contribution in [2.24, 2.45) is 0 Å². The Bertz CT molecular complexity index is 1180. The van der Waals surface area contributed by atoms with Gasteiger partial charge in [-0.2, -0.15) is 13.2 Å². The summed E-state index contributed by atoms with van der Waals surface area (Å²) in [6, 6.07) is 6.92. The lowest BCUT2D eigenvalue weighted by atomic mass is 9.94. The maximum absolute atomic E-state index is 12.7. The Morgan fingerprint density at radius 1 is 1.20 bits per heavy atom. The average Bonchev–Trinajstić information content (AvgIpc) is 2.81. The number of carbonyl (C=O) groups is 1. The van der Waals surface area contributed by atoms with Gasteiger partial charge in [0.05, 0.1) is 38.6 Å². The molecule has 5 rings (SSSR count). The maximum atomic E-state index is 12.7. The van der Waals surface area contributed by atoms with Crippen molar-refractivity contribution < 1.29 is 36.9 Å². The molecule has 35 heavy (non-hydrogen) atoms. The summed E-state index contributed by atoms with van der Waals surface area (Å²) in [5.41, 5.74) is 3.08. The number of aromatic nitrogens is 1. The fourth-order valence-electron chi connectivity index (χ4n) is 4.59. The predicted octanol–water partition coefficient (Wildman–Crippen LogP) is 2.33. The van der Waals surface area contributed by atoms with Crippen LogP contribution in [0.25, 0.3) is 11.3 Å². The van der Waals surface area contributed by atoms with E-state index in [4.69, 9.17) is 18.9 Å². The average molecular weight is 494 g/mol. The summed E-state index contributed by atoms with van der Waals surface area (Å²) in [5, 5.41) is 0. The van der Waals surface area contributed by atoms with E-state index in [0.717, 1.165) is 21.7 Å². The van der Waals surface area contributed by atoms with E-state index in [1.165, 1.54) is 6.07 Å². The number of benzene rings is 1. The van der Waals surface area contributed by atoms with Crippen molar-refractivity contribution >= 4 is 5.91 Å². The molecule has 1 atom stereocenters. The van der Waals surface area contributed by atoms with E-state index in [1.807, 2.05) is 16.7 Å². The second-order valence-electron chi connectivity index (χ2n) is 8.87. The molecule has 0 aliphatic carbocycles. The monoisotopic (exact) mass is 494 g/mol. The number of pyridine rings is 1. The number of alkyl halides is 3. The van der Waals surface area contributed by atoms with Crippen LogP contribution in [-0.2, 0) is 27.2 Å². The molecule has 2 fully saturated rings. The predicted molar refractivity (Wildman–Crippen MR) is 118 cm³/mol. The molecule has 1 aromatic heterocycles. The number of amides is 1. The third-order valence-corrected chi connectivity index (χ3v) is 6.43. The third kappa shape index (κ3) is 4.74. The largest absolute Gasteiger partial charge is 0.487 e. The number of aryl methyl sites for hydroxylation is 1. The molecule has 0 bridgehead atoms. The SMILES string of the molecule is Cc1c2n(c(OC[C@@H]3COCCO3)cc1=O)CCc1cc(OC3CN(C(=O)C(F)(F)F)C3)ccc1-2. The lowest BCUT2D eigenvalue weighted by Gasteiger charge is -2.39. The van der Waals surface area contributed by atoms with Crippen LogP contribution in [0.2, 0.25) is 0 Å². The van der Waals surface area contributed by atoms with Crippen LogP contribution in [0.15, 0.2) is 29.1 Å². The highest BCUT2D eigenvalue weighted by Gasteiger charge is 2.47. The molecule has 3 aliphatic rings. The highest BCUT2D eigenvalue weighted by molar-refractivity contribution is 5.82. The number of hydrogen-bond donors (Lipinski definition) is 0. The highest BCUT2D eigenvalue weighted by Crippen LogP contribution is 2.36. The normalized spacial score (nSPS) is 20.0. The first-order valence-electron chi connectivity index (χ1n) is 11.4. The molecule has 0 N–H and O–H groups in total. The summed E-state index contributed by atoms with van der Waals surface area (Å²) in [5.74, 6) is -0.858. The van der Waals surface area contributed by atoms with Crippen molar-refractivity contribution in [3.05, 3.63) is 45.6 Å². The van der Waals surface area contributed by atoms with Gasteiger partial charge in [0, 0.05) is 23.7 Å². The molecule has 0 spiro atoms. The molecule has 3 aliphatic heterocycles. The van der Waals surface area contributed by atoms with Gasteiger partial charge >= 0.3 is 12.1 Å². The summed E-state index contributed by atoms with van der Waals surface area (Å²) in [4.78, 5) is 24.7. The zero-order chi connectivity index (χ0) is 24.7. The number of ether oxygens (including phenoxy) is 4. The summed E-state index contributed by atoms with van der Waals surface area (Å²) in [6.07, 6.45) is -4.91. The van der Waals surface area contributed by atoms with Crippen LogP contribution in [0.5, 0.6) is 11.6 Å². The van der Waals surface area contributed by atoms with Crippen molar-refractivity contribution in [1.82, 2.24) is 9.47 Å². The van der Waals surface area contributed by atoms with Crippen LogP contribution in [-0.4, -0.2) is 73.3 Å². The van der Waals surface area contributed by atoms with Crippen molar-refractivity contribution in [2.75, 3.05) is 39.5 Å². The van der Waals surface area contributed by atoms with Crippen LogP contribution >= 0.6 is 0 Å². The van der Waals surface area contributed by atoms with E-state index >= 15 is 0 Å². The Balaban J connectivity index is 1.32. The molecule has 2 aromatic rings. The number of likely N-dealkylation sites (tertiary alicyclic amines) is 1. The van der Waals surface area contributed by atoms with Gasteiger partial charge < -0.3 is 28.4 Å². The van der Waals surface area contributed by atoms with Gasteiger partial charge in [-0.3, -0.25) is 9.59 Å². The van der Waals surface area contributed by atoms with Crippen molar-refractivity contribution in [2.45, 2.75) is 38.3 Å². The molecule has 4 heterocycles. The zero-order valence-electron chi connectivity index (χ0n) is 19.1. The number of hydrogen-bond acceptors (Lipinski definition) is 6. The molecule has 0 saturated carbocycles. The highest BCUT2D eigenvalue weighted by atomic mass is 19.4. The molecule has 0 radical (unpaired) electrons. The van der Waals surface area contributed by atoms with E-state index in [9.17, 15) is 22.8 Å².